The zero-order valence-corrected chi connectivity index (χ0v) is 20.6. The van der Waals surface area contributed by atoms with Crippen molar-refractivity contribution in [3.8, 4) is 5.75 Å². The average molecular weight is 506 g/mol. The fourth-order valence-electron chi connectivity index (χ4n) is 5.47. The van der Waals surface area contributed by atoms with Crippen molar-refractivity contribution in [1.82, 2.24) is 9.88 Å². The molecule has 2 heterocycles. The van der Waals surface area contributed by atoms with E-state index in [9.17, 15) is 9.59 Å². The van der Waals surface area contributed by atoms with Crippen molar-refractivity contribution < 1.29 is 19.4 Å². The van der Waals surface area contributed by atoms with E-state index in [0.29, 0.717) is 17.1 Å². The largest absolute Gasteiger partial charge is 0.511 e. The molecule has 1 fully saturated rings. The zero-order valence-electron chi connectivity index (χ0n) is 19.8. The number of benzene rings is 2. The van der Waals surface area contributed by atoms with E-state index in [4.69, 9.17) is 21.4 Å². The molecule has 0 spiro atoms. The van der Waals surface area contributed by atoms with E-state index in [1.807, 2.05) is 35.2 Å². The first kappa shape index (κ1) is 24.1. The van der Waals surface area contributed by atoms with Gasteiger partial charge in [0.1, 0.15) is 5.75 Å². The first-order valence-electron chi connectivity index (χ1n) is 12.2. The van der Waals surface area contributed by atoms with Crippen LogP contribution in [0.2, 0.25) is 5.02 Å². The third-order valence-corrected chi connectivity index (χ3v) is 7.44. The number of carboxylic acid groups (broad SMARTS) is 1. The Morgan fingerprint density at radius 1 is 1.11 bits per heavy atom. The summed E-state index contributed by atoms with van der Waals surface area (Å²) >= 11 is 6.45. The number of pyridine rings is 1. The fourth-order valence-corrected chi connectivity index (χ4v) is 5.69. The second kappa shape index (κ2) is 10.6. The highest BCUT2D eigenvalue weighted by atomic mass is 35.5. The molecular formula is C28H28ClN3O4. The molecule has 2 aromatic carbocycles. The number of rotatable bonds is 6. The summed E-state index contributed by atoms with van der Waals surface area (Å²) in [6.45, 7) is 2.40. The first-order chi connectivity index (χ1) is 17.5. The number of fused-ring (bicyclic) bond motifs is 1. The number of amides is 1. The molecule has 1 N–H and O–H groups in total. The van der Waals surface area contributed by atoms with Crippen LogP contribution < -0.4 is 9.64 Å². The minimum atomic E-state index is -1.35. The lowest BCUT2D eigenvalue weighted by atomic mass is 9.95. The summed E-state index contributed by atoms with van der Waals surface area (Å²) in [6.07, 6.45) is 5.90. The minimum absolute atomic E-state index is 0.107. The normalized spacial score (nSPS) is 19.0. The van der Waals surface area contributed by atoms with Crippen LogP contribution in [0.25, 0.3) is 0 Å². The Balaban J connectivity index is 1.45. The third-order valence-electron chi connectivity index (χ3n) is 7.11. The van der Waals surface area contributed by atoms with Crippen molar-refractivity contribution in [3.05, 3.63) is 88.7 Å². The molecule has 2 atom stereocenters. The fraction of sp³-hybridized carbons (Fsp3) is 0.321. The maximum absolute atomic E-state index is 13.9. The molecule has 36 heavy (non-hydrogen) atoms. The summed E-state index contributed by atoms with van der Waals surface area (Å²) in [5.74, 6) is 0.435. The Hall–Kier alpha value is -3.58. The second-order valence-corrected chi connectivity index (χ2v) is 9.79. The highest BCUT2D eigenvalue weighted by molar-refractivity contribution is 6.33. The van der Waals surface area contributed by atoms with E-state index in [0.717, 1.165) is 55.6 Å². The van der Waals surface area contributed by atoms with Gasteiger partial charge in [0.15, 0.2) is 0 Å². The Kier molecular flexibility index (Phi) is 7.09. The molecule has 1 aliphatic carbocycles. The first-order valence-corrected chi connectivity index (χ1v) is 12.6. The average Bonchev–Trinajstić information content (AvgIpc) is 3.30. The molecule has 1 unspecified atom stereocenters. The Morgan fingerprint density at radius 2 is 1.92 bits per heavy atom. The summed E-state index contributed by atoms with van der Waals surface area (Å²) in [4.78, 5) is 33.5. The van der Waals surface area contributed by atoms with Crippen LogP contribution in [0.3, 0.4) is 0 Å². The van der Waals surface area contributed by atoms with Gasteiger partial charge in [-0.2, -0.15) is 0 Å². The maximum Gasteiger partial charge on any atom is 0.511 e. The van der Waals surface area contributed by atoms with Crippen LogP contribution in [-0.2, 0) is 6.42 Å². The second-order valence-electron chi connectivity index (χ2n) is 9.38. The Bertz CT molecular complexity index is 1250. The van der Waals surface area contributed by atoms with Gasteiger partial charge in [0, 0.05) is 37.7 Å². The number of ether oxygens (including phenoxy) is 1. The topological polar surface area (TPSA) is 83.0 Å². The number of hydrogen-bond acceptors (Lipinski definition) is 5. The van der Waals surface area contributed by atoms with Gasteiger partial charge in [-0.15, -0.1) is 0 Å². The molecule has 186 valence electrons. The van der Waals surface area contributed by atoms with Gasteiger partial charge in [-0.3, -0.25) is 9.78 Å². The number of hydrogen-bond donors (Lipinski definition) is 1. The number of aromatic nitrogens is 1. The van der Waals surface area contributed by atoms with Crippen LogP contribution in [0.5, 0.6) is 5.75 Å². The van der Waals surface area contributed by atoms with Gasteiger partial charge < -0.3 is 19.6 Å². The van der Waals surface area contributed by atoms with Crippen molar-refractivity contribution in [2.24, 2.45) is 5.92 Å². The van der Waals surface area contributed by atoms with Gasteiger partial charge in [0.25, 0.3) is 5.91 Å². The molecular weight excluding hydrogens is 478 g/mol. The van der Waals surface area contributed by atoms with Gasteiger partial charge in [-0.05, 0) is 79.1 Å². The van der Waals surface area contributed by atoms with E-state index in [2.05, 4.69) is 9.88 Å². The van der Waals surface area contributed by atoms with Gasteiger partial charge in [-0.1, -0.05) is 29.8 Å². The lowest BCUT2D eigenvalue weighted by Crippen LogP contribution is -2.44. The SMILES string of the molecule is O=C(O)Oc1ccc2c(c1)[C@H](N(CC1CCCN(c3ccncc3)C1)C(=O)c1ccccc1Cl)CC2. The molecule has 3 aromatic rings. The molecule has 2 aliphatic rings. The number of piperidine rings is 1. The number of nitrogens with zero attached hydrogens (tertiary/aromatic N) is 3. The number of halogens is 1. The Morgan fingerprint density at radius 3 is 2.69 bits per heavy atom. The van der Waals surface area contributed by atoms with E-state index < -0.39 is 6.16 Å². The van der Waals surface area contributed by atoms with Crippen LogP contribution in [0.1, 0.15) is 46.8 Å². The van der Waals surface area contributed by atoms with E-state index in [-0.39, 0.29) is 23.6 Å². The summed E-state index contributed by atoms with van der Waals surface area (Å²) in [6, 6.07) is 16.3. The lowest BCUT2D eigenvalue weighted by molar-refractivity contribution is 0.0630. The predicted octanol–water partition coefficient (Wildman–Crippen LogP) is 5.84. The van der Waals surface area contributed by atoms with Crippen LogP contribution in [0.4, 0.5) is 10.5 Å². The van der Waals surface area contributed by atoms with E-state index >= 15 is 0 Å². The maximum atomic E-state index is 13.9. The van der Waals surface area contributed by atoms with Crippen molar-refractivity contribution in [1.29, 1.82) is 0 Å². The van der Waals surface area contributed by atoms with Gasteiger partial charge in [-0.25, -0.2) is 4.79 Å². The summed E-state index contributed by atoms with van der Waals surface area (Å²) in [5.41, 5.74) is 3.67. The number of carbonyl (C=O) groups is 2. The van der Waals surface area contributed by atoms with E-state index in [1.54, 1.807) is 36.7 Å². The summed E-state index contributed by atoms with van der Waals surface area (Å²) in [5, 5.41) is 9.51. The molecule has 1 aromatic heterocycles. The molecule has 0 radical (unpaired) electrons. The van der Waals surface area contributed by atoms with Crippen molar-refractivity contribution in [2.45, 2.75) is 31.7 Å². The van der Waals surface area contributed by atoms with Gasteiger partial charge >= 0.3 is 6.16 Å². The molecule has 0 saturated carbocycles. The minimum Gasteiger partial charge on any atom is -0.449 e. The van der Waals surface area contributed by atoms with Crippen LogP contribution in [0, 0.1) is 5.92 Å². The van der Waals surface area contributed by atoms with Crippen molar-refractivity contribution in [2.75, 3.05) is 24.5 Å². The highest BCUT2D eigenvalue weighted by Gasteiger charge is 2.35. The number of anilines is 1. The highest BCUT2D eigenvalue weighted by Crippen LogP contribution is 2.40. The van der Waals surface area contributed by atoms with Crippen LogP contribution in [0.15, 0.2) is 67.0 Å². The molecule has 5 rings (SSSR count). The monoisotopic (exact) mass is 505 g/mol. The summed E-state index contributed by atoms with van der Waals surface area (Å²) in [7, 11) is 0. The quantitative estimate of drug-likeness (QED) is 0.335. The predicted molar refractivity (Wildman–Crippen MR) is 138 cm³/mol. The third kappa shape index (κ3) is 5.16. The van der Waals surface area contributed by atoms with Crippen LogP contribution >= 0.6 is 11.6 Å². The van der Waals surface area contributed by atoms with E-state index in [1.165, 1.54) is 0 Å². The Labute approximate surface area is 215 Å². The number of carbonyl (C=O) groups excluding carboxylic acids is 1. The molecule has 0 bridgehead atoms. The lowest BCUT2D eigenvalue weighted by Gasteiger charge is -2.39. The van der Waals surface area contributed by atoms with Gasteiger partial charge in [0.05, 0.1) is 16.6 Å². The van der Waals surface area contributed by atoms with Crippen molar-refractivity contribution >= 4 is 29.4 Å². The van der Waals surface area contributed by atoms with Gasteiger partial charge in [0.2, 0.25) is 0 Å². The molecule has 1 amide bonds. The summed E-state index contributed by atoms with van der Waals surface area (Å²) < 4.78 is 4.93. The molecule has 7 nitrogen and oxygen atoms in total. The smallest absolute Gasteiger partial charge is 0.449 e. The molecule has 1 aliphatic heterocycles. The van der Waals surface area contributed by atoms with Crippen molar-refractivity contribution in [3.63, 3.8) is 0 Å². The van der Waals surface area contributed by atoms with Crippen LogP contribution in [-0.4, -0.2) is 46.7 Å². The number of aryl methyl sites for hydroxylation is 1. The molecule has 8 heteroatoms. The molecule has 1 saturated heterocycles. The zero-order chi connectivity index (χ0) is 25.1. The standard InChI is InChI=1S/C28H28ClN3O4/c29-25-6-2-1-5-23(25)27(33)32(18-19-4-3-15-31(17-19)21-11-13-30-14-12-21)26-10-8-20-7-9-22(16-24(20)26)36-28(34)35/h1-2,5-7,9,11-14,16,19,26H,3-4,8,10,15,17-18H2,(H,34,35)/t19?,26-/m1/s1.